The molecular weight excluding hydrogens is 236 g/mol. The second-order valence-electron chi connectivity index (χ2n) is 3.25. The predicted octanol–water partition coefficient (Wildman–Crippen LogP) is 0.241. The molecule has 0 spiro atoms. The van der Waals surface area contributed by atoms with Gasteiger partial charge in [-0.2, -0.15) is 0 Å². The van der Waals surface area contributed by atoms with Crippen molar-refractivity contribution in [2.75, 3.05) is 13.7 Å². The van der Waals surface area contributed by atoms with Gasteiger partial charge in [0.05, 0.1) is 7.11 Å². The monoisotopic (exact) mass is 250 g/mol. The molecule has 1 rings (SSSR count). The molecular formula is C12H14N2O4. The number of nitrogens with two attached hydrogens (primary N) is 1. The van der Waals surface area contributed by atoms with Crippen molar-refractivity contribution in [1.82, 2.24) is 5.43 Å². The van der Waals surface area contributed by atoms with Gasteiger partial charge in [0.2, 0.25) is 0 Å². The quantitative estimate of drug-likeness (QED) is 0.257. The molecule has 0 aliphatic rings. The van der Waals surface area contributed by atoms with E-state index in [1.807, 2.05) is 5.43 Å². The summed E-state index contributed by atoms with van der Waals surface area (Å²) < 4.78 is 9.74. The fourth-order valence-electron chi connectivity index (χ4n) is 1.16. The normalized spacial score (nSPS) is 10.1. The Balaban J connectivity index is 2.76. The summed E-state index contributed by atoms with van der Waals surface area (Å²) in [7, 11) is 1.29. The number of hydrazine groups is 1. The first-order valence-electron chi connectivity index (χ1n) is 5.14. The third-order valence-electron chi connectivity index (χ3n) is 2.04. The number of amides is 1. The Bertz CT molecular complexity index is 457. The summed E-state index contributed by atoms with van der Waals surface area (Å²) in [6.07, 6.45) is 2.81. The zero-order valence-electron chi connectivity index (χ0n) is 9.88. The lowest BCUT2D eigenvalue weighted by Crippen LogP contribution is -2.34. The Labute approximate surface area is 104 Å². The molecule has 6 nitrogen and oxygen atoms in total. The number of carbonyl (C=O) groups excluding carboxylic acids is 2. The van der Waals surface area contributed by atoms with Crippen LogP contribution in [0.3, 0.4) is 0 Å². The maximum atomic E-state index is 11.0. The van der Waals surface area contributed by atoms with Crippen molar-refractivity contribution >= 4 is 18.0 Å². The number of hydrogen-bond acceptors (Lipinski definition) is 5. The van der Waals surface area contributed by atoms with Crippen LogP contribution >= 0.6 is 0 Å². The zero-order valence-corrected chi connectivity index (χ0v) is 9.88. The van der Waals surface area contributed by atoms with Crippen molar-refractivity contribution in [3.63, 3.8) is 0 Å². The number of rotatable bonds is 5. The molecule has 96 valence electrons. The van der Waals surface area contributed by atoms with Gasteiger partial charge < -0.3 is 9.47 Å². The highest BCUT2D eigenvalue weighted by molar-refractivity contribution is 5.87. The Hall–Kier alpha value is -2.34. The first-order valence-corrected chi connectivity index (χ1v) is 5.14. The molecule has 0 unspecified atom stereocenters. The van der Waals surface area contributed by atoms with Crippen molar-refractivity contribution in [1.29, 1.82) is 0 Å². The van der Waals surface area contributed by atoms with Gasteiger partial charge in [-0.25, -0.2) is 10.6 Å². The number of esters is 1. The third kappa shape index (κ3) is 4.26. The number of methoxy groups -OCH3 is 1. The smallest absolute Gasteiger partial charge is 0.330 e. The van der Waals surface area contributed by atoms with Gasteiger partial charge in [-0.05, 0) is 12.1 Å². The number of carbonyl (C=O) groups is 2. The highest BCUT2D eigenvalue weighted by Gasteiger charge is 2.04. The van der Waals surface area contributed by atoms with Crippen LogP contribution in [0.1, 0.15) is 5.56 Å². The zero-order chi connectivity index (χ0) is 13.4. The Morgan fingerprint density at radius 1 is 1.39 bits per heavy atom. The van der Waals surface area contributed by atoms with E-state index >= 15 is 0 Å². The molecule has 1 aromatic carbocycles. The maximum absolute atomic E-state index is 11.0. The van der Waals surface area contributed by atoms with Crippen LogP contribution in [0.5, 0.6) is 5.75 Å². The molecule has 6 heteroatoms. The lowest BCUT2D eigenvalue weighted by molar-refractivity contribution is -0.134. The van der Waals surface area contributed by atoms with Crippen LogP contribution in [0.15, 0.2) is 30.3 Å². The summed E-state index contributed by atoms with van der Waals surface area (Å²) in [6.45, 7) is -0.195. The molecule has 0 aromatic heterocycles. The summed E-state index contributed by atoms with van der Waals surface area (Å²) >= 11 is 0. The lowest BCUT2D eigenvalue weighted by atomic mass is 10.2. The molecule has 0 saturated heterocycles. The van der Waals surface area contributed by atoms with Gasteiger partial charge in [0.1, 0.15) is 5.75 Å². The van der Waals surface area contributed by atoms with E-state index in [1.165, 1.54) is 13.2 Å². The van der Waals surface area contributed by atoms with Crippen LogP contribution in [0.4, 0.5) is 0 Å². The van der Waals surface area contributed by atoms with E-state index in [1.54, 1.807) is 30.3 Å². The van der Waals surface area contributed by atoms with Gasteiger partial charge >= 0.3 is 5.97 Å². The molecule has 0 saturated carbocycles. The van der Waals surface area contributed by atoms with E-state index in [2.05, 4.69) is 4.74 Å². The summed E-state index contributed by atoms with van der Waals surface area (Å²) in [6, 6.07) is 6.97. The minimum absolute atomic E-state index is 0.195. The Morgan fingerprint density at radius 2 is 2.11 bits per heavy atom. The number of benzene rings is 1. The van der Waals surface area contributed by atoms with E-state index in [0.29, 0.717) is 11.3 Å². The van der Waals surface area contributed by atoms with Crippen LogP contribution in [0, 0.1) is 0 Å². The minimum Gasteiger partial charge on any atom is -0.483 e. The molecule has 18 heavy (non-hydrogen) atoms. The average molecular weight is 250 g/mol. The molecule has 0 fully saturated rings. The SMILES string of the molecule is COC(=O)C=Cc1ccccc1OCC(=O)NN. The summed E-state index contributed by atoms with van der Waals surface area (Å²) in [5, 5.41) is 0. The van der Waals surface area contributed by atoms with E-state index < -0.39 is 11.9 Å². The van der Waals surface area contributed by atoms with E-state index in [0.717, 1.165) is 0 Å². The number of hydrogen-bond donors (Lipinski definition) is 2. The van der Waals surface area contributed by atoms with Gasteiger partial charge in [-0.1, -0.05) is 18.2 Å². The van der Waals surface area contributed by atoms with E-state index in [9.17, 15) is 9.59 Å². The highest BCUT2D eigenvalue weighted by Crippen LogP contribution is 2.19. The largest absolute Gasteiger partial charge is 0.483 e. The standard InChI is InChI=1S/C12H14N2O4/c1-17-12(16)7-6-9-4-2-3-5-10(9)18-8-11(15)14-13/h2-7H,8,13H2,1H3,(H,14,15). The van der Waals surface area contributed by atoms with Crippen LogP contribution in [0.25, 0.3) is 6.08 Å². The molecule has 0 bridgehead atoms. The lowest BCUT2D eigenvalue weighted by Gasteiger charge is -2.07. The molecule has 0 atom stereocenters. The summed E-state index contributed by atoms with van der Waals surface area (Å²) in [5.41, 5.74) is 2.62. The van der Waals surface area contributed by atoms with Crippen LogP contribution in [-0.2, 0) is 14.3 Å². The van der Waals surface area contributed by atoms with Gasteiger partial charge in [0.25, 0.3) is 5.91 Å². The van der Waals surface area contributed by atoms with Crippen LogP contribution in [-0.4, -0.2) is 25.6 Å². The minimum atomic E-state index is -0.468. The molecule has 0 aliphatic heterocycles. The molecule has 0 radical (unpaired) electrons. The van der Waals surface area contributed by atoms with Gasteiger partial charge in [-0.3, -0.25) is 10.2 Å². The summed E-state index contributed by atoms with van der Waals surface area (Å²) in [4.78, 5) is 21.9. The van der Waals surface area contributed by atoms with Gasteiger partial charge in [0.15, 0.2) is 6.61 Å². The first-order chi connectivity index (χ1) is 8.67. The third-order valence-corrected chi connectivity index (χ3v) is 2.04. The molecule has 0 aliphatic carbocycles. The Kier molecular flexibility index (Phi) is 5.40. The first kappa shape index (κ1) is 13.7. The van der Waals surface area contributed by atoms with Crippen LogP contribution in [0.2, 0.25) is 0 Å². The number of para-hydroxylation sites is 1. The average Bonchev–Trinajstić information content (AvgIpc) is 2.42. The summed E-state index contributed by atoms with van der Waals surface area (Å²) in [5.74, 6) is 4.50. The van der Waals surface area contributed by atoms with Crippen LogP contribution < -0.4 is 16.0 Å². The second kappa shape index (κ2) is 7.08. The van der Waals surface area contributed by atoms with Crippen molar-refractivity contribution in [3.8, 4) is 5.75 Å². The van der Waals surface area contributed by atoms with Gasteiger partial charge in [-0.15, -0.1) is 0 Å². The number of nitrogens with one attached hydrogen (secondary N) is 1. The van der Waals surface area contributed by atoms with E-state index in [4.69, 9.17) is 10.6 Å². The van der Waals surface area contributed by atoms with E-state index in [-0.39, 0.29) is 6.61 Å². The topological polar surface area (TPSA) is 90.6 Å². The highest BCUT2D eigenvalue weighted by atomic mass is 16.5. The molecule has 3 N–H and O–H groups in total. The molecule has 0 heterocycles. The predicted molar refractivity (Wildman–Crippen MR) is 65.3 cm³/mol. The van der Waals surface area contributed by atoms with Crippen molar-refractivity contribution in [3.05, 3.63) is 35.9 Å². The van der Waals surface area contributed by atoms with Crippen molar-refractivity contribution < 1.29 is 19.1 Å². The molecule has 1 amide bonds. The Morgan fingerprint density at radius 3 is 2.78 bits per heavy atom. The molecule has 1 aromatic rings. The van der Waals surface area contributed by atoms with Gasteiger partial charge in [0, 0.05) is 11.6 Å². The van der Waals surface area contributed by atoms with Crippen molar-refractivity contribution in [2.45, 2.75) is 0 Å². The number of ether oxygens (including phenoxy) is 2. The second-order valence-corrected chi connectivity index (χ2v) is 3.25. The fourth-order valence-corrected chi connectivity index (χ4v) is 1.16. The fraction of sp³-hybridized carbons (Fsp3) is 0.167. The maximum Gasteiger partial charge on any atom is 0.330 e. The van der Waals surface area contributed by atoms with Crippen molar-refractivity contribution in [2.24, 2.45) is 5.84 Å².